The van der Waals surface area contributed by atoms with Crippen molar-refractivity contribution in [1.82, 2.24) is 4.90 Å². The van der Waals surface area contributed by atoms with E-state index in [1.165, 1.54) is 0 Å². The Morgan fingerprint density at radius 1 is 1.04 bits per heavy atom. The third-order valence-electron chi connectivity index (χ3n) is 4.15. The summed E-state index contributed by atoms with van der Waals surface area (Å²) in [4.78, 5) is 26.6. The van der Waals surface area contributed by atoms with Crippen LogP contribution in [-0.2, 0) is 16.1 Å². The molecular weight excluding hydrogens is 314 g/mol. The Hall–Kier alpha value is -2.62. The number of rotatable bonds is 5. The summed E-state index contributed by atoms with van der Waals surface area (Å²) in [6, 6.07) is 13.6. The molecule has 4 nitrogen and oxygen atoms in total. The van der Waals surface area contributed by atoms with Gasteiger partial charge in [0.15, 0.2) is 6.10 Å². The third-order valence-corrected chi connectivity index (χ3v) is 4.15. The molecule has 1 amide bonds. The standard InChI is InChI=1S/C21H25NO3/c1-14-11-15(2)19(16(3)12-14)21(24)25-17(4)20(23)22(5)13-18-9-7-6-8-10-18/h6-12,17H,13H2,1-5H3. The van der Waals surface area contributed by atoms with E-state index in [1.807, 2.05) is 63.2 Å². The van der Waals surface area contributed by atoms with Gasteiger partial charge < -0.3 is 9.64 Å². The molecule has 4 heteroatoms. The highest BCUT2D eigenvalue weighted by Crippen LogP contribution is 2.18. The highest BCUT2D eigenvalue weighted by atomic mass is 16.5. The van der Waals surface area contributed by atoms with Crippen molar-refractivity contribution in [3.05, 3.63) is 70.3 Å². The fourth-order valence-electron chi connectivity index (χ4n) is 3.02. The molecule has 0 aliphatic heterocycles. The number of likely N-dealkylation sites (N-methyl/N-ethyl adjacent to an activating group) is 1. The summed E-state index contributed by atoms with van der Waals surface area (Å²) in [7, 11) is 1.71. The lowest BCUT2D eigenvalue weighted by Gasteiger charge is -2.22. The Balaban J connectivity index is 2.04. The lowest BCUT2D eigenvalue weighted by molar-refractivity contribution is -0.139. The fourth-order valence-corrected chi connectivity index (χ4v) is 3.02. The number of aryl methyl sites for hydroxylation is 3. The zero-order valence-corrected chi connectivity index (χ0v) is 15.5. The van der Waals surface area contributed by atoms with Gasteiger partial charge in [0.2, 0.25) is 0 Å². The zero-order chi connectivity index (χ0) is 18.6. The van der Waals surface area contributed by atoms with Crippen molar-refractivity contribution in [3.8, 4) is 0 Å². The molecule has 0 aromatic heterocycles. The maximum absolute atomic E-state index is 12.5. The molecule has 0 saturated carbocycles. The lowest BCUT2D eigenvalue weighted by Crippen LogP contribution is -2.37. The molecule has 0 aliphatic carbocycles. The van der Waals surface area contributed by atoms with Crippen LogP contribution in [0, 0.1) is 20.8 Å². The van der Waals surface area contributed by atoms with Crippen LogP contribution >= 0.6 is 0 Å². The van der Waals surface area contributed by atoms with E-state index in [1.54, 1.807) is 18.9 Å². The molecule has 2 aromatic carbocycles. The first-order valence-corrected chi connectivity index (χ1v) is 8.37. The molecule has 0 heterocycles. The Bertz CT molecular complexity index is 745. The molecule has 0 spiro atoms. The van der Waals surface area contributed by atoms with Crippen LogP contribution in [0.4, 0.5) is 0 Å². The molecule has 1 atom stereocenters. The van der Waals surface area contributed by atoms with Gasteiger partial charge in [0.05, 0.1) is 5.56 Å². The number of hydrogen-bond acceptors (Lipinski definition) is 3. The van der Waals surface area contributed by atoms with E-state index in [0.717, 1.165) is 22.3 Å². The van der Waals surface area contributed by atoms with Gasteiger partial charge in [0.1, 0.15) is 0 Å². The van der Waals surface area contributed by atoms with Crippen LogP contribution in [0.1, 0.15) is 39.5 Å². The summed E-state index contributed by atoms with van der Waals surface area (Å²) < 4.78 is 5.43. The summed E-state index contributed by atoms with van der Waals surface area (Å²) >= 11 is 0. The first kappa shape index (κ1) is 18.7. The number of amides is 1. The van der Waals surface area contributed by atoms with Crippen molar-refractivity contribution >= 4 is 11.9 Å². The van der Waals surface area contributed by atoms with Gasteiger partial charge in [-0.05, 0) is 44.4 Å². The van der Waals surface area contributed by atoms with Gasteiger partial charge >= 0.3 is 5.97 Å². The maximum atomic E-state index is 12.5. The molecule has 0 N–H and O–H groups in total. The average molecular weight is 339 g/mol. The monoisotopic (exact) mass is 339 g/mol. The minimum absolute atomic E-state index is 0.223. The summed E-state index contributed by atoms with van der Waals surface area (Å²) in [5.74, 6) is -0.677. The van der Waals surface area contributed by atoms with Crippen molar-refractivity contribution in [1.29, 1.82) is 0 Å². The van der Waals surface area contributed by atoms with E-state index < -0.39 is 12.1 Å². The molecular formula is C21H25NO3. The topological polar surface area (TPSA) is 46.6 Å². The second-order valence-corrected chi connectivity index (χ2v) is 6.50. The van der Waals surface area contributed by atoms with Gasteiger partial charge in [0, 0.05) is 13.6 Å². The first-order chi connectivity index (χ1) is 11.8. The molecule has 2 rings (SSSR count). The van der Waals surface area contributed by atoms with Crippen LogP contribution in [-0.4, -0.2) is 29.9 Å². The van der Waals surface area contributed by atoms with Crippen LogP contribution in [0.2, 0.25) is 0 Å². The third kappa shape index (κ3) is 4.69. The second kappa shape index (κ2) is 7.97. The van der Waals surface area contributed by atoms with Crippen molar-refractivity contribution in [2.24, 2.45) is 0 Å². The van der Waals surface area contributed by atoms with Crippen LogP contribution in [0.15, 0.2) is 42.5 Å². The predicted molar refractivity (Wildman–Crippen MR) is 98.4 cm³/mol. The molecule has 0 saturated heterocycles. The van der Waals surface area contributed by atoms with Gasteiger partial charge in [-0.25, -0.2) is 4.79 Å². The average Bonchev–Trinajstić information content (AvgIpc) is 2.53. The number of carbonyl (C=O) groups excluding carboxylic acids is 2. The molecule has 0 aliphatic rings. The van der Waals surface area contributed by atoms with Gasteiger partial charge in [-0.15, -0.1) is 0 Å². The quantitative estimate of drug-likeness (QED) is 0.778. The van der Waals surface area contributed by atoms with E-state index in [9.17, 15) is 9.59 Å². The minimum atomic E-state index is -0.832. The minimum Gasteiger partial charge on any atom is -0.449 e. The second-order valence-electron chi connectivity index (χ2n) is 6.50. The summed E-state index contributed by atoms with van der Waals surface area (Å²) in [6.45, 7) is 7.83. The molecule has 0 radical (unpaired) electrons. The molecule has 1 unspecified atom stereocenters. The Kier molecular flexibility index (Phi) is 5.97. The molecule has 2 aromatic rings. The highest BCUT2D eigenvalue weighted by molar-refractivity contribution is 5.94. The Morgan fingerprint density at radius 3 is 2.16 bits per heavy atom. The van der Waals surface area contributed by atoms with E-state index in [4.69, 9.17) is 4.74 Å². The van der Waals surface area contributed by atoms with Crippen LogP contribution < -0.4 is 0 Å². The van der Waals surface area contributed by atoms with Crippen LogP contribution in [0.3, 0.4) is 0 Å². The van der Waals surface area contributed by atoms with E-state index >= 15 is 0 Å². The number of benzene rings is 2. The SMILES string of the molecule is Cc1cc(C)c(C(=O)OC(C)C(=O)N(C)Cc2ccccc2)c(C)c1. The molecule has 0 bridgehead atoms. The van der Waals surface area contributed by atoms with Gasteiger partial charge in [-0.3, -0.25) is 4.79 Å². The van der Waals surface area contributed by atoms with Crippen molar-refractivity contribution < 1.29 is 14.3 Å². The maximum Gasteiger partial charge on any atom is 0.339 e. The van der Waals surface area contributed by atoms with E-state index in [2.05, 4.69) is 0 Å². The van der Waals surface area contributed by atoms with Gasteiger partial charge in [0.25, 0.3) is 5.91 Å². The number of ether oxygens (including phenoxy) is 1. The van der Waals surface area contributed by atoms with Crippen LogP contribution in [0.25, 0.3) is 0 Å². The van der Waals surface area contributed by atoms with Gasteiger partial charge in [-0.1, -0.05) is 48.0 Å². The lowest BCUT2D eigenvalue weighted by atomic mass is 10.00. The van der Waals surface area contributed by atoms with Crippen molar-refractivity contribution in [2.75, 3.05) is 7.05 Å². The van der Waals surface area contributed by atoms with Crippen LogP contribution in [0.5, 0.6) is 0 Å². The molecule has 25 heavy (non-hydrogen) atoms. The summed E-state index contributed by atoms with van der Waals surface area (Å²) in [6.07, 6.45) is -0.832. The highest BCUT2D eigenvalue weighted by Gasteiger charge is 2.24. The number of esters is 1. The molecule has 132 valence electrons. The largest absolute Gasteiger partial charge is 0.449 e. The van der Waals surface area contributed by atoms with Crippen molar-refractivity contribution in [2.45, 2.75) is 40.3 Å². The van der Waals surface area contributed by atoms with E-state index in [0.29, 0.717) is 12.1 Å². The summed E-state index contributed by atoms with van der Waals surface area (Å²) in [5.41, 5.74) is 4.39. The Morgan fingerprint density at radius 2 is 1.60 bits per heavy atom. The smallest absolute Gasteiger partial charge is 0.339 e. The van der Waals surface area contributed by atoms with E-state index in [-0.39, 0.29) is 5.91 Å². The normalized spacial score (nSPS) is 11.7. The molecule has 0 fully saturated rings. The Labute approximate surface area is 149 Å². The zero-order valence-electron chi connectivity index (χ0n) is 15.5. The fraction of sp³-hybridized carbons (Fsp3) is 0.333. The number of hydrogen-bond donors (Lipinski definition) is 0. The van der Waals surface area contributed by atoms with Crippen molar-refractivity contribution in [3.63, 3.8) is 0 Å². The summed E-state index contributed by atoms with van der Waals surface area (Å²) in [5, 5.41) is 0. The number of carbonyl (C=O) groups is 2. The predicted octanol–water partition coefficient (Wildman–Crippen LogP) is 3.82. The number of nitrogens with zero attached hydrogens (tertiary/aromatic N) is 1. The van der Waals surface area contributed by atoms with Gasteiger partial charge in [-0.2, -0.15) is 0 Å². The first-order valence-electron chi connectivity index (χ1n) is 8.37.